The molecule has 2 rings (SSSR count). The molecule has 0 bridgehead atoms. The summed E-state index contributed by atoms with van der Waals surface area (Å²) in [6.07, 6.45) is 5.40. The van der Waals surface area contributed by atoms with E-state index in [-0.39, 0.29) is 6.04 Å². The third-order valence-corrected chi connectivity index (χ3v) is 3.03. The molecular weight excluding hydrogens is 194 g/mol. The molecule has 0 saturated carbocycles. The third kappa shape index (κ3) is 1.66. The second-order valence-corrected chi connectivity index (χ2v) is 4.03. The van der Waals surface area contributed by atoms with Gasteiger partial charge in [0.2, 0.25) is 0 Å². The van der Waals surface area contributed by atoms with Gasteiger partial charge in [-0.25, -0.2) is 0 Å². The predicted octanol–water partition coefficient (Wildman–Crippen LogP) is 1.89. The quantitative estimate of drug-likeness (QED) is 0.814. The number of hydrogen-bond donors (Lipinski definition) is 1. The van der Waals surface area contributed by atoms with Crippen LogP contribution in [0.2, 0.25) is 0 Å². The Morgan fingerprint density at radius 2 is 2.21 bits per heavy atom. The maximum Gasteiger partial charge on any atom is 0.0794 e. The summed E-state index contributed by atoms with van der Waals surface area (Å²) in [5.41, 5.74) is 10.1. The highest BCUT2D eigenvalue weighted by Gasteiger charge is 2.12. The Bertz CT molecular complexity index is 411. The molecule has 0 aliphatic rings. The standard InChI is InChI=1S/C10H11N3S/c1-7-2-3-12-4-8(7)10(11)9-5-13-6-14-9/h2-6,10H,11H2,1H3. The van der Waals surface area contributed by atoms with Crippen LogP contribution in [0.15, 0.2) is 30.2 Å². The maximum absolute atomic E-state index is 6.09. The molecule has 2 aromatic rings. The summed E-state index contributed by atoms with van der Waals surface area (Å²) in [5, 5.41) is 0. The zero-order chi connectivity index (χ0) is 9.97. The first-order valence-corrected chi connectivity index (χ1v) is 5.21. The maximum atomic E-state index is 6.09. The first kappa shape index (κ1) is 9.30. The lowest BCUT2D eigenvalue weighted by atomic mass is 10.0. The second kappa shape index (κ2) is 3.86. The van der Waals surface area contributed by atoms with Crippen LogP contribution in [0.4, 0.5) is 0 Å². The molecule has 2 heterocycles. The summed E-state index contributed by atoms with van der Waals surface area (Å²) >= 11 is 1.57. The molecule has 1 atom stereocenters. The summed E-state index contributed by atoms with van der Waals surface area (Å²) in [7, 11) is 0. The number of pyridine rings is 1. The Kier molecular flexibility index (Phi) is 2.56. The number of nitrogens with two attached hydrogens (primary N) is 1. The molecule has 0 fully saturated rings. The fourth-order valence-corrected chi connectivity index (χ4v) is 1.97. The molecule has 0 amide bonds. The second-order valence-electron chi connectivity index (χ2n) is 3.11. The highest BCUT2D eigenvalue weighted by molar-refractivity contribution is 7.09. The molecule has 0 spiro atoms. The molecule has 0 saturated heterocycles. The van der Waals surface area contributed by atoms with Crippen LogP contribution < -0.4 is 5.73 Å². The van der Waals surface area contributed by atoms with Crippen LogP contribution in [0.5, 0.6) is 0 Å². The van der Waals surface area contributed by atoms with Gasteiger partial charge in [-0.15, -0.1) is 11.3 Å². The van der Waals surface area contributed by atoms with E-state index < -0.39 is 0 Å². The van der Waals surface area contributed by atoms with Crippen molar-refractivity contribution < 1.29 is 0 Å². The van der Waals surface area contributed by atoms with Crippen molar-refractivity contribution in [1.29, 1.82) is 0 Å². The van der Waals surface area contributed by atoms with Crippen molar-refractivity contribution in [2.75, 3.05) is 0 Å². The lowest BCUT2D eigenvalue weighted by Gasteiger charge is -2.11. The van der Waals surface area contributed by atoms with Crippen molar-refractivity contribution in [2.45, 2.75) is 13.0 Å². The molecular formula is C10H11N3S. The normalized spacial score (nSPS) is 12.7. The molecule has 72 valence electrons. The molecule has 3 nitrogen and oxygen atoms in total. The SMILES string of the molecule is Cc1ccncc1C(N)c1cncs1. The van der Waals surface area contributed by atoms with Crippen molar-refractivity contribution in [1.82, 2.24) is 9.97 Å². The molecule has 1 unspecified atom stereocenters. The van der Waals surface area contributed by atoms with E-state index in [0.29, 0.717) is 0 Å². The van der Waals surface area contributed by atoms with Gasteiger partial charge in [-0.2, -0.15) is 0 Å². The van der Waals surface area contributed by atoms with Crippen LogP contribution in [0.25, 0.3) is 0 Å². The van der Waals surface area contributed by atoms with Crippen LogP contribution in [-0.4, -0.2) is 9.97 Å². The first-order chi connectivity index (χ1) is 6.79. The largest absolute Gasteiger partial charge is 0.320 e. The first-order valence-electron chi connectivity index (χ1n) is 4.33. The number of thiazole rings is 1. The monoisotopic (exact) mass is 205 g/mol. The fraction of sp³-hybridized carbons (Fsp3) is 0.200. The third-order valence-electron chi connectivity index (χ3n) is 2.17. The van der Waals surface area contributed by atoms with Gasteiger partial charge in [0, 0.05) is 23.5 Å². The number of nitrogens with zero attached hydrogens (tertiary/aromatic N) is 2. The van der Waals surface area contributed by atoms with Gasteiger partial charge in [0.15, 0.2) is 0 Å². The van der Waals surface area contributed by atoms with E-state index in [4.69, 9.17) is 5.73 Å². The van der Waals surface area contributed by atoms with Crippen LogP contribution >= 0.6 is 11.3 Å². The summed E-state index contributed by atoms with van der Waals surface area (Å²) in [6.45, 7) is 2.04. The van der Waals surface area contributed by atoms with E-state index in [2.05, 4.69) is 9.97 Å². The zero-order valence-corrected chi connectivity index (χ0v) is 8.66. The lowest BCUT2D eigenvalue weighted by molar-refractivity contribution is 0.869. The average molecular weight is 205 g/mol. The number of aromatic nitrogens is 2. The molecule has 0 aromatic carbocycles. The summed E-state index contributed by atoms with van der Waals surface area (Å²) in [4.78, 5) is 9.17. The van der Waals surface area contributed by atoms with Crippen LogP contribution in [0, 0.1) is 6.92 Å². The fourth-order valence-electron chi connectivity index (χ4n) is 1.33. The molecule has 0 radical (unpaired) electrons. The smallest absolute Gasteiger partial charge is 0.0794 e. The van der Waals surface area contributed by atoms with Crippen molar-refractivity contribution in [3.8, 4) is 0 Å². The summed E-state index contributed by atoms with van der Waals surface area (Å²) in [5.74, 6) is 0. The Hall–Kier alpha value is -1.26. The highest BCUT2D eigenvalue weighted by Crippen LogP contribution is 2.23. The minimum atomic E-state index is -0.101. The van der Waals surface area contributed by atoms with Crippen molar-refractivity contribution in [3.05, 3.63) is 46.2 Å². The minimum absolute atomic E-state index is 0.101. The zero-order valence-electron chi connectivity index (χ0n) is 7.84. The Morgan fingerprint density at radius 1 is 1.36 bits per heavy atom. The van der Waals surface area contributed by atoms with E-state index in [1.165, 1.54) is 5.56 Å². The van der Waals surface area contributed by atoms with E-state index in [1.807, 2.05) is 25.4 Å². The topological polar surface area (TPSA) is 51.8 Å². The Morgan fingerprint density at radius 3 is 2.86 bits per heavy atom. The van der Waals surface area contributed by atoms with Crippen molar-refractivity contribution in [3.63, 3.8) is 0 Å². The molecule has 0 aliphatic carbocycles. The van der Waals surface area contributed by atoms with Gasteiger partial charge in [-0.05, 0) is 24.1 Å². The number of rotatable bonds is 2. The number of aryl methyl sites for hydroxylation is 1. The average Bonchev–Trinajstić information content (AvgIpc) is 2.70. The van der Waals surface area contributed by atoms with Crippen molar-refractivity contribution in [2.24, 2.45) is 5.73 Å². The predicted molar refractivity (Wildman–Crippen MR) is 57.1 cm³/mol. The van der Waals surface area contributed by atoms with Crippen LogP contribution in [0.1, 0.15) is 22.0 Å². The van der Waals surface area contributed by atoms with E-state index in [0.717, 1.165) is 10.4 Å². The molecule has 2 aromatic heterocycles. The lowest BCUT2D eigenvalue weighted by Crippen LogP contribution is -2.11. The van der Waals surface area contributed by atoms with Gasteiger partial charge in [-0.1, -0.05) is 0 Å². The van der Waals surface area contributed by atoms with E-state index in [9.17, 15) is 0 Å². The van der Waals surface area contributed by atoms with Gasteiger partial charge in [0.25, 0.3) is 0 Å². The van der Waals surface area contributed by atoms with E-state index >= 15 is 0 Å². The molecule has 14 heavy (non-hydrogen) atoms. The molecule has 2 N–H and O–H groups in total. The van der Waals surface area contributed by atoms with Crippen molar-refractivity contribution >= 4 is 11.3 Å². The Balaban J connectivity index is 2.37. The number of hydrogen-bond acceptors (Lipinski definition) is 4. The summed E-state index contributed by atoms with van der Waals surface area (Å²) < 4.78 is 0. The summed E-state index contributed by atoms with van der Waals surface area (Å²) in [6, 6.07) is 1.87. The van der Waals surface area contributed by atoms with Crippen LogP contribution in [0.3, 0.4) is 0 Å². The highest BCUT2D eigenvalue weighted by atomic mass is 32.1. The molecule has 0 aliphatic heterocycles. The Labute approximate surface area is 86.6 Å². The van der Waals surface area contributed by atoms with Crippen LogP contribution in [-0.2, 0) is 0 Å². The van der Waals surface area contributed by atoms with Gasteiger partial charge in [0.05, 0.1) is 11.6 Å². The molecule has 4 heteroatoms. The van der Waals surface area contributed by atoms with Gasteiger partial charge in [0.1, 0.15) is 0 Å². The van der Waals surface area contributed by atoms with E-state index in [1.54, 1.807) is 23.0 Å². The van der Waals surface area contributed by atoms with Gasteiger partial charge >= 0.3 is 0 Å². The van der Waals surface area contributed by atoms with Gasteiger partial charge in [-0.3, -0.25) is 9.97 Å². The van der Waals surface area contributed by atoms with Gasteiger partial charge < -0.3 is 5.73 Å². The minimum Gasteiger partial charge on any atom is -0.320 e.